The van der Waals surface area contributed by atoms with E-state index >= 15 is 0 Å². The van der Waals surface area contributed by atoms with E-state index in [9.17, 15) is 4.79 Å². The van der Waals surface area contributed by atoms with Gasteiger partial charge in [-0.15, -0.1) is 0 Å². The molecule has 1 aromatic heterocycles. The summed E-state index contributed by atoms with van der Waals surface area (Å²) in [5.74, 6) is 1.06. The van der Waals surface area contributed by atoms with Gasteiger partial charge < -0.3 is 14.4 Å². The van der Waals surface area contributed by atoms with E-state index in [1.165, 1.54) is 5.56 Å². The molecule has 0 bridgehead atoms. The smallest absolute Gasteiger partial charge is 0.248 e. The van der Waals surface area contributed by atoms with Crippen molar-refractivity contribution in [3.8, 4) is 5.75 Å². The molecule has 0 radical (unpaired) electrons. The molecule has 0 N–H and O–H groups in total. The van der Waals surface area contributed by atoms with E-state index < -0.39 is 0 Å². The molecular weight excluding hydrogens is 316 g/mol. The van der Waals surface area contributed by atoms with Gasteiger partial charge in [0.25, 0.3) is 0 Å². The highest BCUT2D eigenvalue weighted by molar-refractivity contribution is 5.77. The second-order valence-electron chi connectivity index (χ2n) is 6.36. The SMILES string of the molecule is COCC(=O)N1CC[C@@H](Oc2cccnc2)[C@@H](Cc2ccccc2)C1. The first-order valence-electron chi connectivity index (χ1n) is 8.63. The zero-order valence-electron chi connectivity index (χ0n) is 14.5. The lowest BCUT2D eigenvalue weighted by atomic mass is 9.88. The Kier molecular flexibility index (Phi) is 6.01. The van der Waals surface area contributed by atoms with Gasteiger partial charge in [0.15, 0.2) is 0 Å². The molecule has 132 valence electrons. The van der Waals surface area contributed by atoms with Crippen LogP contribution in [0.2, 0.25) is 0 Å². The van der Waals surface area contributed by atoms with Crippen LogP contribution in [-0.4, -0.2) is 48.7 Å². The van der Waals surface area contributed by atoms with Gasteiger partial charge in [-0.05, 0) is 24.1 Å². The summed E-state index contributed by atoms with van der Waals surface area (Å²) in [5, 5.41) is 0. The molecule has 0 aliphatic carbocycles. The number of methoxy groups -OCH3 is 1. The maximum Gasteiger partial charge on any atom is 0.248 e. The van der Waals surface area contributed by atoms with Crippen LogP contribution in [0.3, 0.4) is 0 Å². The van der Waals surface area contributed by atoms with E-state index in [4.69, 9.17) is 9.47 Å². The highest BCUT2D eigenvalue weighted by Crippen LogP contribution is 2.26. The van der Waals surface area contributed by atoms with E-state index in [-0.39, 0.29) is 24.5 Å². The number of carbonyl (C=O) groups excluding carboxylic acids is 1. The van der Waals surface area contributed by atoms with E-state index in [1.54, 1.807) is 19.5 Å². The summed E-state index contributed by atoms with van der Waals surface area (Å²) < 4.78 is 11.2. The summed E-state index contributed by atoms with van der Waals surface area (Å²) in [6, 6.07) is 14.1. The standard InChI is InChI=1S/C20H24N2O3/c1-24-15-20(23)22-11-9-19(25-18-8-5-10-21-13-18)17(14-22)12-16-6-3-2-4-7-16/h2-8,10,13,17,19H,9,11-12,14-15H2,1H3/t17-,19+/m0/s1. The summed E-state index contributed by atoms with van der Waals surface area (Å²) in [7, 11) is 1.55. The monoisotopic (exact) mass is 340 g/mol. The van der Waals surface area contributed by atoms with Crippen molar-refractivity contribution >= 4 is 5.91 Å². The number of rotatable bonds is 6. The zero-order valence-corrected chi connectivity index (χ0v) is 14.5. The normalized spacial score (nSPS) is 20.3. The van der Waals surface area contributed by atoms with E-state index in [0.717, 1.165) is 18.6 Å². The Hall–Kier alpha value is -2.40. The Bertz CT molecular complexity index is 663. The van der Waals surface area contributed by atoms with Crippen LogP contribution in [0.15, 0.2) is 54.9 Å². The third-order valence-electron chi connectivity index (χ3n) is 4.55. The number of ether oxygens (including phenoxy) is 2. The topological polar surface area (TPSA) is 51.7 Å². The van der Waals surface area contributed by atoms with Gasteiger partial charge in [0, 0.05) is 38.7 Å². The number of nitrogens with zero attached hydrogens (tertiary/aromatic N) is 2. The maximum absolute atomic E-state index is 12.2. The minimum atomic E-state index is 0.0420. The number of hydrogen-bond donors (Lipinski definition) is 0. The molecule has 3 rings (SSSR count). The van der Waals surface area contributed by atoms with Crippen LogP contribution in [0.5, 0.6) is 5.75 Å². The van der Waals surface area contributed by atoms with Crippen molar-refractivity contribution < 1.29 is 14.3 Å². The van der Waals surface area contributed by atoms with Crippen molar-refractivity contribution in [1.82, 2.24) is 9.88 Å². The Labute approximate surface area is 148 Å². The van der Waals surface area contributed by atoms with Crippen LogP contribution >= 0.6 is 0 Å². The number of likely N-dealkylation sites (tertiary alicyclic amines) is 1. The Morgan fingerprint density at radius 2 is 2.08 bits per heavy atom. The molecule has 2 heterocycles. The number of amides is 1. The van der Waals surface area contributed by atoms with Crippen LogP contribution in [0.4, 0.5) is 0 Å². The number of aromatic nitrogens is 1. The first-order chi connectivity index (χ1) is 12.3. The quantitative estimate of drug-likeness (QED) is 0.811. The molecular formula is C20H24N2O3. The molecule has 1 aliphatic heterocycles. The summed E-state index contributed by atoms with van der Waals surface area (Å²) in [4.78, 5) is 18.2. The zero-order chi connectivity index (χ0) is 17.5. The lowest BCUT2D eigenvalue weighted by molar-refractivity contribution is -0.138. The summed E-state index contributed by atoms with van der Waals surface area (Å²) in [5.41, 5.74) is 1.26. The molecule has 1 aliphatic rings. The molecule has 5 heteroatoms. The van der Waals surface area contributed by atoms with Gasteiger partial charge in [0.1, 0.15) is 18.5 Å². The van der Waals surface area contributed by atoms with Gasteiger partial charge in [-0.3, -0.25) is 9.78 Å². The van der Waals surface area contributed by atoms with E-state index in [0.29, 0.717) is 13.1 Å². The van der Waals surface area contributed by atoms with Gasteiger partial charge in [0.05, 0.1) is 6.20 Å². The average molecular weight is 340 g/mol. The van der Waals surface area contributed by atoms with Crippen LogP contribution < -0.4 is 4.74 Å². The van der Waals surface area contributed by atoms with Crippen molar-refractivity contribution in [2.45, 2.75) is 18.9 Å². The molecule has 2 aromatic rings. The van der Waals surface area contributed by atoms with Crippen molar-refractivity contribution in [1.29, 1.82) is 0 Å². The van der Waals surface area contributed by atoms with Gasteiger partial charge in [-0.2, -0.15) is 0 Å². The van der Waals surface area contributed by atoms with Crippen molar-refractivity contribution in [2.24, 2.45) is 5.92 Å². The van der Waals surface area contributed by atoms with Crippen molar-refractivity contribution in [3.05, 3.63) is 60.4 Å². The first-order valence-corrected chi connectivity index (χ1v) is 8.63. The fraction of sp³-hybridized carbons (Fsp3) is 0.400. The minimum absolute atomic E-state index is 0.0420. The lowest BCUT2D eigenvalue weighted by Crippen LogP contribution is -2.49. The fourth-order valence-corrected chi connectivity index (χ4v) is 3.31. The number of piperidine rings is 1. The Morgan fingerprint density at radius 1 is 1.24 bits per heavy atom. The summed E-state index contributed by atoms with van der Waals surface area (Å²) in [6.07, 6.45) is 5.23. The molecule has 5 nitrogen and oxygen atoms in total. The predicted molar refractivity (Wildman–Crippen MR) is 95.4 cm³/mol. The molecule has 0 unspecified atom stereocenters. The molecule has 25 heavy (non-hydrogen) atoms. The van der Waals surface area contributed by atoms with Crippen LogP contribution in [0.1, 0.15) is 12.0 Å². The van der Waals surface area contributed by atoms with Gasteiger partial charge in [-0.1, -0.05) is 30.3 Å². The largest absolute Gasteiger partial charge is 0.488 e. The number of benzene rings is 1. The van der Waals surface area contributed by atoms with Crippen molar-refractivity contribution in [3.63, 3.8) is 0 Å². The average Bonchev–Trinajstić information content (AvgIpc) is 2.65. The molecule has 1 saturated heterocycles. The highest BCUT2D eigenvalue weighted by atomic mass is 16.5. The second kappa shape index (κ2) is 8.62. The molecule has 1 amide bonds. The minimum Gasteiger partial charge on any atom is -0.488 e. The number of carbonyl (C=O) groups is 1. The van der Waals surface area contributed by atoms with Gasteiger partial charge >= 0.3 is 0 Å². The Balaban J connectivity index is 1.72. The molecule has 2 atom stereocenters. The van der Waals surface area contributed by atoms with Gasteiger partial charge in [0.2, 0.25) is 5.91 Å². The molecule has 0 saturated carbocycles. The number of hydrogen-bond acceptors (Lipinski definition) is 4. The third kappa shape index (κ3) is 4.79. The van der Waals surface area contributed by atoms with Crippen LogP contribution in [-0.2, 0) is 16.0 Å². The highest BCUT2D eigenvalue weighted by Gasteiger charge is 2.33. The Morgan fingerprint density at radius 3 is 2.80 bits per heavy atom. The number of pyridine rings is 1. The molecule has 1 fully saturated rings. The lowest BCUT2D eigenvalue weighted by Gasteiger charge is -2.38. The summed E-state index contributed by atoms with van der Waals surface area (Å²) in [6.45, 7) is 1.51. The fourth-order valence-electron chi connectivity index (χ4n) is 3.31. The third-order valence-corrected chi connectivity index (χ3v) is 4.55. The second-order valence-corrected chi connectivity index (χ2v) is 6.36. The van der Waals surface area contributed by atoms with E-state index in [1.807, 2.05) is 35.2 Å². The molecule has 1 aromatic carbocycles. The van der Waals surface area contributed by atoms with E-state index in [2.05, 4.69) is 17.1 Å². The first kappa shape index (κ1) is 17.4. The van der Waals surface area contributed by atoms with Crippen LogP contribution in [0, 0.1) is 5.92 Å². The van der Waals surface area contributed by atoms with Crippen LogP contribution in [0.25, 0.3) is 0 Å². The summed E-state index contributed by atoms with van der Waals surface area (Å²) >= 11 is 0. The van der Waals surface area contributed by atoms with Crippen molar-refractivity contribution in [2.75, 3.05) is 26.8 Å². The molecule has 0 spiro atoms. The predicted octanol–water partition coefficient (Wildman–Crippen LogP) is 2.57. The van der Waals surface area contributed by atoms with Gasteiger partial charge in [-0.25, -0.2) is 0 Å². The maximum atomic E-state index is 12.2.